The summed E-state index contributed by atoms with van der Waals surface area (Å²) in [5.41, 5.74) is 5.48. The molecule has 0 unspecified atom stereocenters. The summed E-state index contributed by atoms with van der Waals surface area (Å²) in [4.78, 5) is 2.39. The molecule has 1 heterocycles. The topological polar surface area (TPSA) is 49.5 Å². The summed E-state index contributed by atoms with van der Waals surface area (Å²) in [5.74, 6) is 0. The van der Waals surface area contributed by atoms with E-state index in [1.54, 1.807) is 0 Å². The molecule has 0 aromatic rings. The highest BCUT2D eigenvalue weighted by atomic mass is 16.3. The molecule has 1 saturated heterocycles. The molecule has 0 radical (unpaired) electrons. The molecule has 0 bridgehead atoms. The van der Waals surface area contributed by atoms with Gasteiger partial charge in [-0.1, -0.05) is 6.42 Å². The summed E-state index contributed by atoms with van der Waals surface area (Å²) in [6.07, 6.45) is 4.52. The lowest BCUT2D eigenvalue weighted by Gasteiger charge is -2.37. The van der Waals surface area contributed by atoms with Crippen molar-refractivity contribution >= 4 is 0 Å². The van der Waals surface area contributed by atoms with Gasteiger partial charge < -0.3 is 10.8 Å². The Balaban J connectivity index is 2.37. The van der Waals surface area contributed by atoms with E-state index in [1.165, 1.54) is 12.8 Å². The van der Waals surface area contributed by atoms with Gasteiger partial charge in [0.1, 0.15) is 0 Å². The van der Waals surface area contributed by atoms with E-state index in [4.69, 9.17) is 5.73 Å². The molecule has 1 fully saturated rings. The van der Waals surface area contributed by atoms with Crippen molar-refractivity contribution in [3.8, 4) is 0 Å². The van der Waals surface area contributed by atoms with Crippen molar-refractivity contribution in [3.05, 3.63) is 0 Å². The molecule has 0 aromatic carbocycles. The second kappa shape index (κ2) is 5.58. The second-order valence-corrected chi connectivity index (χ2v) is 3.98. The first kappa shape index (κ1) is 11.0. The third-order valence-electron chi connectivity index (χ3n) is 2.87. The molecule has 13 heavy (non-hydrogen) atoms. The van der Waals surface area contributed by atoms with Crippen LogP contribution in [0.5, 0.6) is 0 Å². The number of aliphatic hydroxyl groups excluding tert-OH is 1. The van der Waals surface area contributed by atoms with Crippen molar-refractivity contribution in [3.63, 3.8) is 0 Å². The number of nitrogens with two attached hydrogens (primary N) is 1. The third-order valence-corrected chi connectivity index (χ3v) is 2.87. The van der Waals surface area contributed by atoms with Crippen LogP contribution in [0.4, 0.5) is 0 Å². The van der Waals surface area contributed by atoms with Crippen LogP contribution < -0.4 is 5.73 Å². The van der Waals surface area contributed by atoms with E-state index in [9.17, 15) is 5.11 Å². The zero-order chi connectivity index (χ0) is 9.68. The van der Waals surface area contributed by atoms with Crippen LogP contribution in [0, 0.1) is 0 Å². The zero-order valence-electron chi connectivity index (χ0n) is 8.58. The molecular weight excluding hydrogens is 164 g/mol. The minimum Gasteiger partial charge on any atom is -0.392 e. The fraction of sp³-hybridized carbons (Fsp3) is 1.00. The fourth-order valence-corrected chi connectivity index (χ4v) is 2.14. The van der Waals surface area contributed by atoms with Crippen LogP contribution in [-0.2, 0) is 0 Å². The summed E-state index contributed by atoms with van der Waals surface area (Å²) in [7, 11) is 0. The lowest BCUT2D eigenvalue weighted by atomic mass is 9.98. The molecule has 0 saturated carbocycles. The van der Waals surface area contributed by atoms with Gasteiger partial charge in [0.2, 0.25) is 0 Å². The van der Waals surface area contributed by atoms with Crippen LogP contribution in [0.2, 0.25) is 0 Å². The lowest BCUT2D eigenvalue weighted by molar-refractivity contribution is 0.0363. The van der Waals surface area contributed by atoms with Gasteiger partial charge in [-0.3, -0.25) is 4.90 Å². The highest BCUT2D eigenvalue weighted by Gasteiger charge is 2.25. The molecule has 78 valence electrons. The minimum atomic E-state index is -0.196. The molecule has 1 rings (SSSR count). The van der Waals surface area contributed by atoms with E-state index in [-0.39, 0.29) is 6.10 Å². The summed E-state index contributed by atoms with van der Waals surface area (Å²) in [6.45, 7) is 4.83. The van der Waals surface area contributed by atoms with Gasteiger partial charge in [-0.2, -0.15) is 0 Å². The first-order valence-corrected chi connectivity index (χ1v) is 5.38. The zero-order valence-corrected chi connectivity index (χ0v) is 8.58. The Kier molecular flexibility index (Phi) is 4.70. The van der Waals surface area contributed by atoms with Crippen LogP contribution in [0.25, 0.3) is 0 Å². The molecule has 0 spiro atoms. The maximum absolute atomic E-state index is 9.57. The van der Waals surface area contributed by atoms with Gasteiger partial charge in [-0.05, 0) is 45.8 Å². The summed E-state index contributed by atoms with van der Waals surface area (Å²) >= 11 is 0. The van der Waals surface area contributed by atoms with E-state index in [0.717, 1.165) is 32.5 Å². The van der Waals surface area contributed by atoms with E-state index < -0.39 is 0 Å². The first-order chi connectivity index (χ1) is 6.25. The molecule has 0 aromatic heterocycles. The molecule has 1 aliphatic heterocycles. The molecule has 0 amide bonds. The Hall–Kier alpha value is -0.120. The van der Waals surface area contributed by atoms with E-state index in [0.29, 0.717) is 6.04 Å². The minimum absolute atomic E-state index is 0.196. The predicted octanol–water partition coefficient (Wildman–Crippen LogP) is 0.570. The normalized spacial score (nSPS) is 27.5. The Morgan fingerprint density at radius 1 is 1.54 bits per heavy atom. The van der Waals surface area contributed by atoms with Crippen molar-refractivity contribution in [1.29, 1.82) is 0 Å². The van der Waals surface area contributed by atoms with Gasteiger partial charge in [-0.15, -0.1) is 0 Å². The SMILES string of the molecule is C[C@H](O)[C@H]1CCCCN1CCCN. The fourth-order valence-electron chi connectivity index (χ4n) is 2.14. The van der Waals surface area contributed by atoms with Crippen molar-refractivity contribution in [2.24, 2.45) is 5.73 Å². The predicted molar refractivity (Wildman–Crippen MR) is 54.6 cm³/mol. The summed E-state index contributed by atoms with van der Waals surface area (Å²) < 4.78 is 0. The monoisotopic (exact) mass is 186 g/mol. The maximum Gasteiger partial charge on any atom is 0.0667 e. The van der Waals surface area contributed by atoms with Crippen LogP contribution in [-0.4, -0.2) is 41.8 Å². The molecule has 0 aliphatic carbocycles. The maximum atomic E-state index is 9.57. The van der Waals surface area contributed by atoms with Gasteiger partial charge in [0.25, 0.3) is 0 Å². The average molecular weight is 186 g/mol. The number of rotatable bonds is 4. The van der Waals surface area contributed by atoms with E-state index in [2.05, 4.69) is 4.90 Å². The van der Waals surface area contributed by atoms with E-state index in [1.807, 2.05) is 6.92 Å². The van der Waals surface area contributed by atoms with Crippen LogP contribution in [0.15, 0.2) is 0 Å². The number of likely N-dealkylation sites (tertiary alicyclic amines) is 1. The van der Waals surface area contributed by atoms with Gasteiger partial charge in [-0.25, -0.2) is 0 Å². The molecule has 2 atom stereocenters. The van der Waals surface area contributed by atoms with Crippen molar-refractivity contribution < 1.29 is 5.11 Å². The number of hydrogen-bond acceptors (Lipinski definition) is 3. The first-order valence-electron chi connectivity index (χ1n) is 5.38. The van der Waals surface area contributed by atoms with E-state index >= 15 is 0 Å². The molecule has 3 heteroatoms. The lowest BCUT2D eigenvalue weighted by Crippen LogP contribution is -2.46. The Labute approximate surface area is 80.9 Å². The number of hydrogen-bond donors (Lipinski definition) is 2. The van der Waals surface area contributed by atoms with Gasteiger partial charge >= 0.3 is 0 Å². The average Bonchev–Trinajstić information content (AvgIpc) is 2.15. The van der Waals surface area contributed by atoms with Crippen LogP contribution in [0.1, 0.15) is 32.6 Å². The van der Waals surface area contributed by atoms with Gasteiger partial charge in [0, 0.05) is 6.04 Å². The second-order valence-electron chi connectivity index (χ2n) is 3.98. The van der Waals surface area contributed by atoms with Crippen molar-refractivity contribution in [2.75, 3.05) is 19.6 Å². The van der Waals surface area contributed by atoms with Gasteiger partial charge in [0.05, 0.1) is 6.10 Å². The number of piperidine rings is 1. The Morgan fingerprint density at radius 2 is 2.31 bits per heavy atom. The van der Waals surface area contributed by atoms with Gasteiger partial charge in [0.15, 0.2) is 0 Å². The van der Waals surface area contributed by atoms with Crippen molar-refractivity contribution in [2.45, 2.75) is 44.8 Å². The molecule has 1 aliphatic rings. The number of nitrogens with zero attached hydrogens (tertiary/aromatic N) is 1. The highest BCUT2D eigenvalue weighted by molar-refractivity contribution is 4.80. The Bertz CT molecular complexity index is 139. The molecular formula is C10H22N2O. The summed E-state index contributed by atoms with van der Waals surface area (Å²) in [6, 6.07) is 0.375. The smallest absolute Gasteiger partial charge is 0.0667 e. The molecule has 3 nitrogen and oxygen atoms in total. The largest absolute Gasteiger partial charge is 0.392 e. The third kappa shape index (κ3) is 3.25. The number of aliphatic hydroxyl groups is 1. The summed E-state index contributed by atoms with van der Waals surface area (Å²) in [5, 5.41) is 9.57. The quantitative estimate of drug-likeness (QED) is 0.675. The standard InChI is InChI=1S/C10H22N2O/c1-9(13)10-5-2-3-7-12(10)8-4-6-11/h9-10,13H,2-8,11H2,1H3/t9-,10+/m0/s1. The van der Waals surface area contributed by atoms with Crippen LogP contribution >= 0.6 is 0 Å². The Morgan fingerprint density at radius 3 is 2.92 bits per heavy atom. The molecule has 3 N–H and O–H groups in total. The van der Waals surface area contributed by atoms with Crippen LogP contribution in [0.3, 0.4) is 0 Å². The highest BCUT2D eigenvalue weighted by Crippen LogP contribution is 2.19. The van der Waals surface area contributed by atoms with Crippen molar-refractivity contribution in [1.82, 2.24) is 4.90 Å².